The molecule has 2 aromatic carbocycles. The third-order valence-corrected chi connectivity index (χ3v) is 7.38. The van der Waals surface area contributed by atoms with Crippen molar-refractivity contribution in [2.75, 3.05) is 0 Å². The van der Waals surface area contributed by atoms with E-state index in [0.717, 1.165) is 33.2 Å². The molecule has 2 aliphatic rings. The van der Waals surface area contributed by atoms with Crippen molar-refractivity contribution in [1.82, 2.24) is 9.55 Å². The lowest BCUT2D eigenvalue weighted by molar-refractivity contribution is -0.172. The van der Waals surface area contributed by atoms with Crippen LogP contribution >= 0.6 is 0 Å². The minimum atomic E-state index is -1.88. The number of nitrogens with zero attached hydrogens (tertiary/aromatic N) is 2. The van der Waals surface area contributed by atoms with E-state index in [1.54, 1.807) is 17.6 Å². The molecule has 0 aliphatic carbocycles. The van der Waals surface area contributed by atoms with Crippen molar-refractivity contribution < 1.29 is 14.6 Å². The van der Waals surface area contributed by atoms with Crippen LogP contribution in [0, 0.1) is 5.41 Å². The number of rotatable bonds is 4. The number of pyridine rings is 2. The summed E-state index contributed by atoms with van der Waals surface area (Å²) in [4.78, 5) is 31.0. The predicted molar refractivity (Wildman–Crippen MR) is 136 cm³/mol. The number of hydrogen-bond acceptors (Lipinski definition) is 7. The van der Waals surface area contributed by atoms with E-state index < -0.39 is 11.6 Å². The summed E-state index contributed by atoms with van der Waals surface area (Å²) >= 11 is 0. The van der Waals surface area contributed by atoms with Crippen molar-refractivity contribution in [1.29, 1.82) is 5.41 Å². The molecule has 180 valence electrons. The SMILES string of the molecule is CCC1(O)C(=O)OCc2c1cc1n(c2=O)Cc2c-1nc1ccc(C=N)cc1c2-c1ccccc1CN. The Bertz CT molecular complexity index is 1670. The van der Waals surface area contributed by atoms with Gasteiger partial charge in [0.05, 0.1) is 29.0 Å². The number of fused-ring (bicyclic) bond motifs is 5. The van der Waals surface area contributed by atoms with E-state index in [-0.39, 0.29) is 36.3 Å². The number of carbonyl (C=O) groups is 1. The highest BCUT2D eigenvalue weighted by atomic mass is 16.6. The van der Waals surface area contributed by atoms with Crippen LogP contribution in [-0.4, -0.2) is 26.8 Å². The fraction of sp³-hybridized carbons (Fsp3) is 0.214. The van der Waals surface area contributed by atoms with Gasteiger partial charge in [-0.05, 0) is 46.9 Å². The minimum absolute atomic E-state index is 0.0846. The van der Waals surface area contributed by atoms with Crippen LogP contribution in [-0.2, 0) is 34.8 Å². The number of hydrogen-bond donors (Lipinski definition) is 3. The van der Waals surface area contributed by atoms with Crippen LogP contribution in [0.4, 0.5) is 0 Å². The fourth-order valence-corrected chi connectivity index (χ4v) is 5.44. The molecule has 8 nitrogen and oxygen atoms in total. The van der Waals surface area contributed by atoms with E-state index in [1.807, 2.05) is 42.5 Å². The number of esters is 1. The van der Waals surface area contributed by atoms with Crippen LogP contribution in [0.2, 0.25) is 0 Å². The van der Waals surface area contributed by atoms with Gasteiger partial charge in [0, 0.05) is 29.3 Å². The number of nitrogens with one attached hydrogen (secondary N) is 1. The highest BCUT2D eigenvalue weighted by molar-refractivity contribution is 6.02. The smallest absolute Gasteiger partial charge is 0.343 e. The Hall–Kier alpha value is -4.14. The number of cyclic esters (lactones) is 1. The highest BCUT2D eigenvalue weighted by Gasteiger charge is 2.45. The van der Waals surface area contributed by atoms with Crippen LogP contribution < -0.4 is 11.3 Å². The van der Waals surface area contributed by atoms with Gasteiger partial charge in [-0.25, -0.2) is 9.78 Å². The monoisotopic (exact) mass is 480 g/mol. The van der Waals surface area contributed by atoms with E-state index in [1.165, 1.54) is 6.21 Å². The second-order valence-corrected chi connectivity index (χ2v) is 9.20. The Kier molecular flexibility index (Phi) is 4.93. The molecule has 2 aliphatic heterocycles. The van der Waals surface area contributed by atoms with Crippen molar-refractivity contribution >= 4 is 23.1 Å². The zero-order valence-electron chi connectivity index (χ0n) is 19.7. The lowest BCUT2D eigenvalue weighted by Gasteiger charge is -2.31. The Labute approximate surface area is 206 Å². The predicted octanol–water partition coefficient (Wildman–Crippen LogP) is 3.20. The van der Waals surface area contributed by atoms with Crippen molar-refractivity contribution in [3.8, 4) is 22.5 Å². The highest BCUT2D eigenvalue weighted by Crippen LogP contribution is 2.44. The van der Waals surface area contributed by atoms with Gasteiger partial charge >= 0.3 is 5.97 Å². The fourth-order valence-electron chi connectivity index (χ4n) is 5.44. The van der Waals surface area contributed by atoms with Gasteiger partial charge in [0.15, 0.2) is 5.60 Å². The van der Waals surface area contributed by atoms with Gasteiger partial charge in [0.25, 0.3) is 5.56 Å². The summed E-state index contributed by atoms with van der Waals surface area (Å²) in [7, 11) is 0. The number of benzene rings is 2. The van der Waals surface area contributed by atoms with Crippen LogP contribution in [0.5, 0.6) is 0 Å². The zero-order valence-corrected chi connectivity index (χ0v) is 19.7. The molecule has 6 rings (SSSR count). The molecule has 0 spiro atoms. The molecule has 1 unspecified atom stereocenters. The normalized spacial score (nSPS) is 17.9. The van der Waals surface area contributed by atoms with Crippen LogP contribution in [0.25, 0.3) is 33.4 Å². The maximum absolute atomic E-state index is 13.6. The summed E-state index contributed by atoms with van der Waals surface area (Å²) < 4.78 is 6.82. The molecule has 36 heavy (non-hydrogen) atoms. The summed E-state index contributed by atoms with van der Waals surface area (Å²) in [6, 6.07) is 15.2. The maximum Gasteiger partial charge on any atom is 0.343 e. The topological polar surface area (TPSA) is 131 Å². The average Bonchev–Trinajstić information content (AvgIpc) is 3.27. The summed E-state index contributed by atoms with van der Waals surface area (Å²) in [5.41, 5.74) is 10.8. The number of aromatic nitrogens is 2. The molecule has 8 heteroatoms. The number of ether oxygens (including phenoxy) is 1. The van der Waals surface area contributed by atoms with Gasteiger partial charge in [0.2, 0.25) is 0 Å². The van der Waals surface area contributed by atoms with Crippen molar-refractivity contribution in [3.63, 3.8) is 0 Å². The molecule has 2 aromatic heterocycles. The molecule has 0 saturated heterocycles. The zero-order chi connectivity index (χ0) is 25.2. The molecule has 0 saturated carbocycles. The summed E-state index contributed by atoms with van der Waals surface area (Å²) in [6.07, 6.45) is 1.38. The molecule has 4 heterocycles. The van der Waals surface area contributed by atoms with E-state index in [0.29, 0.717) is 23.4 Å². The standard InChI is InChI=1S/C28H24N4O4/c1-2-28(35)21-10-23-25-19(13-32(23)26(33)20(21)14-36-27(28)34)24(17-6-4-3-5-16(17)12-30)18-9-15(11-29)7-8-22(18)31-25/h3-11,29,35H,2,12-14,30H2,1H3. The van der Waals surface area contributed by atoms with Crippen molar-refractivity contribution in [2.45, 2.75) is 38.6 Å². The largest absolute Gasteiger partial charge is 0.458 e. The third kappa shape index (κ3) is 2.95. The first-order valence-corrected chi connectivity index (χ1v) is 11.8. The summed E-state index contributed by atoms with van der Waals surface area (Å²) in [6.45, 7) is 2.13. The lowest BCUT2D eigenvalue weighted by Crippen LogP contribution is -2.44. The molecular formula is C28H24N4O4. The Morgan fingerprint density at radius 1 is 1.19 bits per heavy atom. The van der Waals surface area contributed by atoms with Crippen LogP contribution in [0.3, 0.4) is 0 Å². The number of aliphatic hydroxyl groups is 1. The van der Waals surface area contributed by atoms with Crippen LogP contribution in [0.15, 0.2) is 53.3 Å². The van der Waals surface area contributed by atoms with Gasteiger partial charge in [-0.2, -0.15) is 0 Å². The summed E-state index contributed by atoms with van der Waals surface area (Å²) in [5.74, 6) is -0.747. The van der Waals surface area contributed by atoms with Gasteiger partial charge in [-0.1, -0.05) is 37.3 Å². The Balaban J connectivity index is 1.71. The third-order valence-electron chi connectivity index (χ3n) is 7.38. The molecule has 0 amide bonds. The number of carbonyl (C=O) groups excluding carboxylic acids is 1. The average molecular weight is 481 g/mol. The van der Waals surface area contributed by atoms with Crippen LogP contribution in [0.1, 0.15) is 41.2 Å². The second kappa shape index (κ2) is 7.94. The Morgan fingerprint density at radius 2 is 2.00 bits per heavy atom. The van der Waals surface area contributed by atoms with Gasteiger partial charge < -0.3 is 25.6 Å². The van der Waals surface area contributed by atoms with E-state index in [2.05, 4.69) is 0 Å². The van der Waals surface area contributed by atoms with Crippen molar-refractivity contribution in [3.05, 3.63) is 86.7 Å². The van der Waals surface area contributed by atoms with Crippen molar-refractivity contribution in [2.24, 2.45) is 5.73 Å². The number of nitrogens with two attached hydrogens (primary N) is 1. The van der Waals surface area contributed by atoms with E-state index in [9.17, 15) is 14.7 Å². The molecule has 0 bridgehead atoms. The quantitative estimate of drug-likeness (QED) is 0.267. The summed E-state index contributed by atoms with van der Waals surface area (Å²) in [5, 5.41) is 19.8. The molecule has 1 atom stereocenters. The van der Waals surface area contributed by atoms with Gasteiger partial charge in [-0.15, -0.1) is 0 Å². The molecule has 0 fully saturated rings. The first-order chi connectivity index (χ1) is 17.4. The molecular weight excluding hydrogens is 456 g/mol. The lowest BCUT2D eigenvalue weighted by atomic mass is 9.86. The van der Waals surface area contributed by atoms with E-state index in [4.69, 9.17) is 20.9 Å². The molecule has 4 N–H and O–H groups in total. The Morgan fingerprint density at radius 3 is 2.75 bits per heavy atom. The maximum atomic E-state index is 13.6. The second-order valence-electron chi connectivity index (χ2n) is 9.20. The van der Waals surface area contributed by atoms with Gasteiger partial charge in [-0.3, -0.25) is 4.79 Å². The first-order valence-electron chi connectivity index (χ1n) is 11.8. The molecule has 0 radical (unpaired) electrons. The van der Waals surface area contributed by atoms with Gasteiger partial charge in [0.1, 0.15) is 6.61 Å². The minimum Gasteiger partial charge on any atom is -0.458 e. The first kappa shape index (κ1) is 22.3. The molecule has 4 aromatic rings. The van der Waals surface area contributed by atoms with E-state index >= 15 is 0 Å².